The highest BCUT2D eigenvalue weighted by atomic mass is 79.9. The molecule has 0 aliphatic carbocycles. The van der Waals surface area contributed by atoms with Crippen molar-refractivity contribution in [1.82, 2.24) is 15.2 Å². The van der Waals surface area contributed by atoms with Crippen LogP contribution in [0, 0.1) is 0 Å². The number of carbonyl (C=O) groups excluding carboxylic acids is 1. The van der Waals surface area contributed by atoms with Gasteiger partial charge in [-0.2, -0.15) is 5.10 Å². The van der Waals surface area contributed by atoms with Crippen molar-refractivity contribution < 1.29 is 4.79 Å². The van der Waals surface area contributed by atoms with Gasteiger partial charge in [-0.05, 0) is 28.1 Å². The second-order valence-electron chi connectivity index (χ2n) is 2.99. The number of nitrogens with zero attached hydrogens (tertiary/aromatic N) is 2. The number of pyridine rings is 1. The molecule has 4 N–H and O–H groups in total. The zero-order valence-corrected chi connectivity index (χ0v) is 9.65. The Labute approximate surface area is 99.4 Å². The quantitative estimate of drug-likeness (QED) is 0.775. The van der Waals surface area contributed by atoms with E-state index in [0.717, 1.165) is 0 Å². The number of anilines is 2. The summed E-state index contributed by atoms with van der Waals surface area (Å²) in [5, 5.41) is 8.79. The van der Waals surface area contributed by atoms with Crippen molar-refractivity contribution in [1.29, 1.82) is 0 Å². The summed E-state index contributed by atoms with van der Waals surface area (Å²) < 4.78 is 0.704. The van der Waals surface area contributed by atoms with Gasteiger partial charge in [0.05, 0.1) is 4.47 Å². The molecule has 0 bridgehead atoms. The number of halogens is 1. The lowest BCUT2D eigenvalue weighted by Crippen LogP contribution is -2.13. The molecule has 2 aromatic rings. The molecule has 0 aromatic carbocycles. The van der Waals surface area contributed by atoms with Gasteiger partial charge in [0.1, 0.15) is 17.3 Å². The first-order valence-electron chi connectivity index (χ1n) is 4.39. The average molecular weight is 282 g/mol. The van der Waals surface area contributed by atoms with Crippen LogP contribution in [0.1, 0.15) is 10.5 Å². The molecule has 0 fully saturated rings. The maximum atomic E-state index is 11.7. The third-order valence-corrected chi connectivity index (χ3v) is 2.47. The van der Waals surface area contributed by atoms with Gasteiger partial charge in [-0.1, -0.05) is 0 Å². The monoisotopic (exact) mass is 281 g/mol. The Hall–Kier alpha value is -1.89. The van der Waals surface area contributed by atoms with Crippen molar-refractivity contribution in [3.05, 3.63) is 34.6 Å². The van der Waals surface area contributed by atoms with Crippen LogP contribution < -0.4 is 11.1 Å². The van der Waals surface area contributed by atoms with Crippen LogP contribution in [0.4, 0.5) is 11.6 Å². The van der Waals surface area contributed by atoms with E-state index >= 15 is 0 Å². The first kappa shape index (κ1) is 10.6. The Kier molecular flexibility index (Phi) is 2.86. The lowest BCUT2D eigenvalue weighted by molar-refractivity contribution is 0.102. The lowest BCUT2D eigenvalue weighted by atomic mass is 10.4. The van der Waals surface area contributed by atoms with Crippen molar-refractivity contribution in [2.24, 2.45) is 0 Å². The minimum Gasteiger partial charge on any atom is -0.382 e. The zero-order valence-electron chi connectivity index (χ0n) is 8.07. The molecule has 7 heteroatoms. The summed E-state index contributed by atoms with van der Waals surface area (Å²) in [4.78, 5) is 15.7. The van der Waals surface area contributed by atoms with Crippen LogP contribution in [0.15, 0.2) is 28.9 Å². The normalized spacial score (nSPS) is 10.1. The molecule has 0 aliphatic heterocycles. The molecule has 0 saturated carbocycles. The Bertz CT molecular complexity index is 524. The fourth-order valence-electron chi connectivity index (χ4n) is 1.11. The van der Waals surface area contributed by atoms with E-state index in [1.165, 1.54) is 6.07 Å². The third-order valence-electron chi connectivity index (χ3n) is 1.83. The van der Waals surface area contributed by atoms with Gasteiger partial charge in [-0.3, -0.25) is 9.89 Å². The van der Waals surface area contributed by atoms with Gasteiger partial charge in [0.15, 0.2) is 0 Å². The van der Waals surface area contributed by atoms with Crippen LogP contribution in [0.2, 0.25) is 0 Å². The molecule has 0 atom stereocenters. The molecule has 2 heterocycles. The molecule has 16 heavy (non-hydrogen) atoms. The molecule has 0 aliphatic rings. The van der Waals surface area contributed by atoms with E-state index in [4.69, 9.17) is 5.73 Å². The summed E-state index contributed by atoms with van der Waals surface area (Å²) in [6.07, 6.45) is 1.59. The minimum absolute atomic E-state index is 0.269. The minimum atomic E-state index is -0.344. The first-order valence-corrected chi connectivity index (χ1v) is 5.19. The number of aromatic nitrogens is 3. The van der Waals surface area contributed by atoms with Gasteiger partial charge in [0.25, 0.3) is 5.91 Å². The molecular formula is C9H8BrN5O. The first-order chi connectivity index (χ1) is 7.66. The molecule has 0 saturated heterocycles. The van der Waals surface area contributed by atoms with Gasteiger partial charge in [0.2, 0.25) is 0 Å². The van der Waals surface area contributed by atoms with Gasteiger partial charge in [-0.15, -0.1) is 0 Å². The Morgan fingerprint density at radius 2 is 2.38 bits per heavy atom. The third kappa shape index (κ3) is 2.19. The number of hydrogen-bond donors (Lipinski definition) is 3. The second-order valence-corrected chi connectivity index (χ2v) is 3.85. The molecule has 6 nitrogen and oxygen atoms in total. The number of H-pyrrole nitrogens is 1. The summed E-state index contributed by atoms with van der Waals surface area (Å²) in [6, 6.07) is 4.99. The van der Waals surface area contributed by atoms with Crippen LogP contribution in [0.25, 0.3) is 0 Å². The Morgan fingerprint density at radius 1 is 1.56 bits per heavy atom. The van der Waals surface area contributed by atoms with Gasteiger partial charge in [0, 0.05) is 12.3 Å². The molecule has 1 amide bonds. The maximum absolute atomic E-state index is 11.7. The largest absolute Gasteiger partial charge is 0.382 e. The Balaban J connectivity index is 2.17. The Morgan fingerprint density at radius 3 is 3.00 bits per heavy atom. The standard InChI is InChI=1S/C9H8BrN5O/c10-5-2-1-3-12-8(5)13-9(16)6-4-7(11)15-14-6/h1-4H,(H3,11,14,15)(H,12,13,16). The smallest absolute Gasteiger partial charge is 0.274 e. The van der Waals surface area contributed by atoms with E-state index in [2.05, 4.69) is 36.4 Å². The molecular weight excluding hydrogens is 274 g/mol. The fraction of sp³-hybridized carbons (Fsp3) is 0. The van der Waals surface area contributed by atoms with E-state index in [1.807, 2.05) is 0 Å². The number of hydrogen-bond acceptors (Lipinski definition) is 4. The van der Waals surface area contributed by atoms with Crippen LogP contribution >= 0.6 is 15.9 Å². The zero-order chi connectivity index (χ0) is 11.5. The van der Waals surface area contributed by atoms with E-state index in [-0.39, 0.29) is 17.4 Å². The second kappa shape index (κ2) is 4.31. The summed E-state index contributed by atoms with van der Waals surface area (Å²) >= 11 is 3.27. The predicted molar refractivity (Wildman–Crippen MR) is 62.9 cm³/mol. The molecule has 0 unspecified atom stereocenters. The highest BCUT2D eigenvalue weighted by molar-refractivity contribution is 9.10. The molecule has 82 valence electrons. The summed E-state index contributed by atoms with van der Waals surface area (Å²) in [5.41, 5.74) is 5.68. The number of aromatic amines is 1. The number of carbonyl (C=O) groups is 1. The van der Waals surface area contributed by atoms with E-state index in [0.29, 0.717) is 10.3 Å². The van der Waals surface area contributed by atoms with E-state index in [9.17, 15) is 4.79 Å². The van der Waals surface area contributed by atoms with Crippen molar-refractivity contribution in [2.45, 2.75) is 0 Å². The summed E-state index contributed by atoms with van der Waals surface area (Å²) in [6.45, 7) is 0. The number of nitrogens with two attached hydrogens (primary N) is 1. The molecule has 0 spiro atoms. The van der Waals surface area contributed by atoms with Crippen LogP contribution in [-0.4, -0.2) is 21.1 Å². The van der Waals surface area contributed by atoms with Gasteiger partial charge >= 0.3 is 0 Å². The summed E-state index contributed by atoms with van der Waals surface area (Å²) in [5.74, 6) is 0.370. The van der Waals surface area contributed by atoms with E-state index < -0.39 is 0 Å². The highest BCUT2D eigenvalue weighted by Crippen LogP contribution is 2.18. The SMILES string of the molecule is Nc1cc(C(=O)Nc2ncccc2Br)[nH]n1. The number of nitrogen functional groups attached to an aromatic ring is 1. The number of rotatable bonds is 2. The predicted octanol–water partition coefficient (Wildman–Crippen LogP) is 1.40. The number of nitrogens with one attached hydrogen (secondary N) is 2. The van der Waals surface area contributed by atoms with Crippen LogP contribution in [0.3, 0.4) is 0 Å². The van der Waals surface area contributed by atoms with Gasteiger partial charge in [-0.25, -0.2) is 4.98 Å². The highest BCUT2D eigenvalue weighted by Gasteiger charge is 2.10. The van der Waals surface area contributed by atoms with Crippen LogP contribution in [-0.2, 0) is 0 Å². The van der Waals surface area contributed by atoms with Gasteiger partial charge < -0.3 is 11.1 Å². The number of amides is 1. The van der Waals surface area contributed by atoms with Crippen molar-refractivity contribution in [3.63, 3.8) is 0 Å². The van der Waals surface area contributed by atoms with Crippen molar-refractivity contribution in [3.8, 4) is 0 Å². The average Bonchev–Trinajstić information content (AvgIpc) is 2.68. The summed E-state index contributed by atoms with van der Waals surface area (Å²) in [7, 11) is 0. The molecule has 2 aromatic heterocycles. The molecule has 2 rings (SSSR count). The fourth-order valence-corrected chi connectivity index (χ4v) is 1.46. The van der Waals surface area contributed by atoms with E-state index in [1.54, 1.807) is 18.3 Å². The van der Waals surface area contributed by atoms with Crippen LogP contribution in [0.5, 0.6) is 0 Å². The maximum Gasteiger partial charge on any atom is 0.274 e. The molecule has 0 radical (unpaired) electrons. The van der Waals surface area contributed by atoms with Crippen molar-refractivity contribution in [2.75, 3.05) is 11.1 Å². The van der Waals surface area contributed by atoms with Crippen molar-refractivity contribution >= 4 is 33.5 Å². The lowest BCUT2D eigenvalue weighted by Gasteiger charge is -2.03. The topological polar surface area (TPSA) is 96.7 Å².